The second-order valence-corrected chi connectivity index (χ2v) is 5.73. The first-order chi connectivity index (χ1) is 12.0. The Morgan fingerprint density at radius 1 is 1.08 bits per heavy atom. The molecule has 0 aliphatic rings. The molecule has 128 valence electrons. The van der Waals surface area contributed by atoms with E-state index >= 15 is 0 Å². The quantitative estimate of drug-likeness (QED) is 0.784. The van der Waals surface area contributed by atoms with Crippen molar-refractivity contribution < 1.29 is 13.6 Å². The van der Waals surface area contributed by atoms with Crippen LogP contribution >= 0.6 is 0 Å². The molecular formula is C20H18F2N2O. The monoisotopic (exact) mass is 340 g/mol. The number of hydrogen-bond acceptors (Lipinski definition) is 2. The zero-order valence-electron chi connectivity index (χ0n) is 13.6. The van der Waals surface area contributed by atoms with Gasteiger partial charge in [0.2, 0.25) is 5.91 Å². The molecule has 0 saturated heterocycles. The van der Waals surface area contributed by atoms with Gasteiger partial charge < -0.3 is 5.32 Å². The van der Waals surface area contributed by atoms with E-state index in [0.29, 0.717) is 0 Å². The number of hydrogen-bond donors (Lipinski definition) is 1. The Labute approximate surface area is 145 Å². The smallest absolute Gasteiger partial charge is 0.241 e. The first kappa shape index (κ1) is 18.3. The predicted octanol–water partition coefficient (Wildman–Crippen LogP) is 3.56. The van der Waals surface area contributed by atoms with Gasteiger partial charge in [0.15, 0.2) is 0 Å². The summed E-state index contributed by atoms with van der Waals surface area (Å²) >= 11 is 0. The van der Waals surface area contributed by atoms with Gasteiger partial charge in [-0.15, -0.1) is 6.58 Å². The molecule has 1 N–H and O–H groups in total. The lowest BCUT2D eigenvalue weighted by Crippen LogP contribution is -2.43. The van der Waals surface area contributed by atoms with E-state index in [1.807, 2.05) is 6.07 Å². The summed E-state index contributed by atoms with van der Waals surface area (Å²) in [6.45, 7) is 3.68. The van der Waals surface area contributed by atoms with Crippen LogP contribution in [0.25, 0.3) is 0 Å². The molecule has 0 saturated carbocycles. The van der Waals surface area contributed by atoms with E-state index in [0.717, 1.165) is 0 Å². The van der Waals surface area contributed by atoms with E-state index < -0.39 is 23.0 Å². The summed E-state index contributed by atoms with van der Waals surface area (Å²) in [5.41, 5.74) is -1.17. The Morgan fingerprint density at radius 3 is 1.96 bits per heavy atom. The highest BCUT2D eigenvalue weighted by Crippen LogP contribution is 2.30. The van der Waals surface area contributed by atoms with E-state index in [9.17, 15) is 18.8 Å². The van der Waals surface area contributed by atoms with Crippen LogP contribution in [0, 0.1) is 28.4 Å². The summed E-state index contributed by atoms with van der Waals surface area (Å²) in [6.07, 6.45) is 1.16. The molecule has 0 aliphatic heterocycles. The number of carbonyl (C=O) groups excluding carboxylic acids is 1. The van der Waals surface area contributed by atoms with Crippen molar-refractivity contribution in [3.8, 4) is 6.07 Å². The minimum Gasteiger partial charge on any atom is -0.351 e. The molecule has 5 heteroatoms. The fourth-order valence-corrected chi connectivity index (χ4v) is 2.62. The fraction of sp³-hybridized carbons (Fsp3) is 0.200. The Morgan fingerprint density at radius 2 is 1.56 bits per heavy atom. The van der Waals surface area contributed by atoms with Crippen molar-refractivity contribution in [3.63, 3.8) is 0 Å². The van der Waals surface area contributed by atoms with Crippen LogP contribution in [-0.4, -0.2) is 12.5 Å². The summed E-state index contributed by atoms with van der Waals surface area (Å²) in [7, 11) is 0. The number of halogens is 2. The van der Waals surface area contributed by atoms with Crippen molar-refractivity contribution in [1.29, 1.82) is 5.26 Å². The van der Waals surface area contributed by atoms with Gasteiger partial charge in [0.25, 0.3) is 0 Å². The summed E-state index contributed by atoms with van der Waals surface area (Å²) in [4.78, 5) is 12.7. The van der Waals surface area contributed by atoms with Gasteiger partial charge in [-0.1, -0.05) is 42.5 Å². The maximum absolute atomic E-state index is 14.1. The molecule has 1 amide bonds. The van der Waals surface area contributed by atoms with Crippen LogP contribution in [0.2, 0.25) is 0 Å². The van der Waals surface area contributed by atoms with Gasteiger partial charge >= 0.3 is 0 Å². The van der Waals surface area contributed by atoms with Crippen LogP contribution < -0.4 is 5.32 Å². The normalized spacial score (nSPS) is 10.8. The van der Waals surface area contributed by atoms with Crippen molar-refractivity contribution >= 4 is 5.91 Å². The second-order valence-electron chi connectivity index (χ2n) is 5.73. The minimum absolute atomic E-state index is 0.159. The van der Waals surface area contributed by atoms with Gasteiger partial charge in [0, 0.05) is 19.4 Å². The molecule has 0 unspecified atom stereocenters. The number of nitrogens with zero attached hydrogens (tertiary/aromatic N) is 1. The number of nitrogens with one attached hydrogen (secondary N) is 1. The molecule has 2 rings (SSSR count). The Balaban J connectivity index is 2.44. The molecule has 2 aromatic carbocycles. The van der Waals surface area contributed by atoms with E-state index in [2.05, 4.69) is 11.9 Å². The highest BCUT2D eigenvalue weighted by molar-refractivity contribution is 5.86. The fourth-order valence-electron chi connectivity index (χ4n) is 2.62. The number of benzene rings is 2. The number of rotatable bonds is 7. The molecule has 0 atom stereocenters. The maximum atomic E-state index is 14.1. The molecule has 2 aromatic rings. The third kappa shape index (κ3) is 4.30. The molecule has 0 fully saturated rings. The molecule has 3 nitrogen and oxygen atoms in total. The highest BCUT2D eigenvalue weighted by Gasteiger charge is 2.40. The lowest BCUT2D eigenvalue weighted by molar-refractivity contribution is -0.128. The van der Waals surface area contributed by atoms with Crippen LogP contribution in [0.1, 0.15) is 11.1 Å². The van der Waals surface area contributed by atoms with Gasteiger partial charge in [0.1, 0.15) is 17.0 Å². The molecule has 25 heavy (non-hydrogen) atoms. The summed E-state index contributed by atoms with van der Waals surface area (Å²) in [5.74, 6) is -1.60. The first-order valence-electron chi connectivity index (χ1n) is 7.79. The number of nitriles is 1. The lowest BCUT2D eigenvalue weighted by atomic mass is 9.76. The summed E-state index contributed by atoms with van der Waals surface area (Å²) in [5, 5.41) is 12.3. The molecule has 0 bridgehead atoms. The number of amides is 1. The molecule has 0 aromatic heterocycles. The lowest BCUT2D eigenvalue weighted by Gasteiger charge is -2.26. The topological polar surface area (TPSA) is 52.9 Å². The average Bonchev–Trinajstić information content (AvgIpc) is 2.62. The predicted molar refractivity (Wildman–Crippen MR) is 91.5 cm³/mol. The van der Waals surface area contributed by atoms with Gasteiger partial charge in [-0.3, -0.25) is 4.79 Å². The van der Waals surface area contributed by atoms with Crippen molar-refractivity contribution in [2.75, 3.05) is 6.54 Å². The van der Waals surface area contributed by atoms with Gasteiger partial charge in [-0.25, -0.2) is 8.78 Å². The standard InChI is InChI=1S/C20H18F2N2O/c1-2-11-24-19(25)20(14-23,12-15-7-3-5-9-17(15)21)13-16-8-4-6-10-18(16)22/h2-10H,1,11-13H2,(H,24,25). The molecule has 0 aliphatic carbocycles. The van der Waals surface area contributed by atoms with Crippen molar-refractivity contribution in [2.45, 2.75) is 12.8 Å². The van der Waals surface area contributed by atoms with Crippen molar-refractivity contribution in [3.05, 3.63) is 83.9 Å². The summed E-state index contributed by atoms with van der Waals surface area (Å²) in [6, 6.07) is 13.9. The number of carbonyl (C=O) groups is 1. The molecule has 0 heterocycles. The highest BCUT2D eigenvalue weighted by atomic mass is 19.1. The molecular weight excluding hydrogens is 322 g/mol. The SMILES string of the molecule is C=CCNC(=O)C(C#N)(Cc1ccccc1F)Cc1ccccc1F. The van der Waals surface area contributed by atoms with E-state index in [1.54, 1.807) is 12.1 Å². The van der Waals surface area contributed by atoms with Gasteiger partial charge in [-0.2, -0.15) is 5.26 Å². The van der Waals surface area contributed by atoms with Gasteiger partial charge in [0.05, 0.1) is 6.07 Å². The zero-order chi connectivity index (χ0) is 18.3. The molecule has 0 radical (unpaired) electrons. The van der Waals surface area contributed by atoms with Crippen LogP contribution in [0.3, 0.4) is 0 Å². The second kappa shape index (κ2) is 8.20. The molecule has 0 spiro atoms. The van der Waals surface area contributed by atoms with Crippen LogP contribution in [0.5, 0.6) is 0 Å². The largest absolute Gasteiger partial charge is 0.351 e. The Kier molecular flexibility index (Phi) is 6.02. The van der Waals surface area contributed by atoms with E-state index in [-0.39, 0.29) is 30.5 Å². The van der Waals surface area contributed by atoms with Crippen LogP contribution in [0.15, 0.2) is 61.2 Å². The van der Waals surface area contributed by atoms with Gasteiger partial charge in [-0.05, 0) is 23.3 Å². The first-order valence-corrected chi connectivity index (χ1v) is 7.79. The van der Waals surface area contributed by atoms with Crippen molar-refractivity contribution in [2.24, 2.45) is 5.41 Å². The average molecular weight is 340 g/mol. The van der Waals surface area contributed by atoms with Crippen LogP contribution in [-0.2, 0) is 17.6 Å². The zero-order valence-corrected chi connectivity index (χ0v) is 13.6. The third-order valence-corrected chi connectivity index (χ3v) is 3.96. The minimum atomic E-state index is -1.63. The Hall–Kier alpha value is -3.00. The van der Waals surface area contributed by atoms with E-state index in [1.165, 1.54) is 42.5 Å². The van der Waals surface area contributed by atoms with Crippen molar-refractivity contribution in [1.82, 2.24) is 5.32 Å². The summed E-state index contributed by atoms with van der Waals surface area (Å²) < 4.78 is 28.1. The van der Waals surface area contributed by atoms with Crippen LogP contribution in [0.4, 0.5) is 8.78 Å². The maximum Gasteiger partial charge on any atom is 0.241 e. The Bertz CT molecular complexity index is 764. The van der Waals surface area contributed by atoms with E-state index in [4.69, 9.17) is 0 Å². The third-order valence-electron chi connectivity index (χ3n) is 3.96.